The summed E-state index contributed by atoms with van der Waals surface area (Å²) in [6.07, 6.45) is 4.52. The third-order valence-electron chi connectivity index (χ3n) is 2.03. The predicted octanol–water partition coefficient (Wildman–Crippen LogP) is 2.44. The van der Waals surface area contributed by atoms with Crippen LogP contribution in [0.25, 0.3) is 0 Å². The molecule has 0 radical (unpaired) electrons. The van der Waals surface area contributed by atoms with E-state index in [9.17, 15) is 4.55 Å². The summed E-state index contributed by atoms with van der Waals surface area (Å²) >= 11 is -1.26. The average molecular weight is 257 g/mol. The highest BCUT2D eigenvalue weighted by molar-refractivity contribution is 7.91. The zero-order valence-electron chi connectivity index (χ0n) is 11.3. The minimum Gasteiger partial charge on any atom is -0.591 e. The van der Waals surface area contributed by atoms with Gasteiger partial charge in [-0.05, 0) is 33.3 Å². The summed E-state index contributed by atoms with van der Waals surface area (Å²) in [4.78, 5) is 0. The van der Waals surface area contributed by atoms with Crippen LogP contribution < -0.4 is 5.32 Å². The van der Waals surface area contributed by atoms with E-state index in [1.165, 1.54) is 6.21 Å². The fraction of sp³-hybridized carbons (Fsp3) is 0.667. The molecule has 5 heteroatoms. The highest BCUT2D eigenvalue weighted by Gasteiger charge is 2.27. The second-order valence-electron chi connectivity index (χ2n) is 4.65. The van der Waals surface area contributed by atoms with Crippen LogP contribution in [0, 0.1) is 5.41 Å². The highest BCUT2D eigenvalue weighted by atomic mass is 32.2. The van der Waals surface area contributed by atoms with Crippen molar-refractivity contribution < 1.29 is 4.55 Å². The van der Waals surface area contributed by atoms with Gasteiger partial charge in [0.15, 0.2) is 0 Å². The van der Waals surface area contributed by atoms with E-state index in [4.69, 9.17) is 5.41 Å². The number of nitrogens with zero attached hydrogens (tertiary/aromatic N) is 1. The Hall–Kier alpha value is -0.810. The smallest absolute Gasteiger partial charge is 0.144 e. The number of hydrogen-bond acceptors (Lipinski definition) is 4. The molecule has 0 bridgehead atoms. The largest absolute Gasteiger partial charge is 0.591 e. The van der Waals surface area contributed by atoms with Crippen molar-refractivity contribution in [3.63, 3.8) is 0 Å². The SMILES string of the molecule is CCCC(=N\[S@+]([O-])C(C)(C)C)/C(=C/C=N)NC. The lowest BCUT2D eigenvalue weighted by molar-refractivity contribution is 0.561. The van der Waals surface area contributed by atoms with Crippen LogP contribution in [0.3, 0.4) is 0 Å². The molecule has 98 valence electrons. The zero-order valence-corrected chi connectivity index (χ0v) is 12.1. The molecule has 0 aliphatic carbocycles. The van der Waals surface area contributed by atoms with Gasteiger partial charge < -0.3 is 15.3 Å². The van der Waals surface area contributed by atoms with E-state index in [-0.39, 0.29) is 4.75 Å². The van der Waals surface area contributed by atoms with Gasteiger partial charge in [-0.25, -0.2) is 0 Å². The van der Waals surface area contributed by atoms with E-state index >= 15 is 0 Å². The average Bonchev–Trinajstić information content (AvgIpc) is 2.24. The molecule has 0 aromatic heterocycles. The Morgan fingerprint density at radius 1 is 1.47 bits per heavy atom. The summed E-state index contributed by atoms with van der Waals surface area (Å²) in [5.41, 5.74) is 1.53. The maximum atomic E-state index is 12.0. The highest BCUT2D eigenvalue weighted by Crippen LogP contribution is 2.18. The fourth-order valence-electron chi connectivity index (χ4n) is 1.11. The van der Waals surface area contributed by atoms with Gasteiger partial charge in [0.1, 0.15) is 21.8 Å². The summed E-state index contributed by atoms with van der Waals surface area (Å²) in [6.45, 7) is 7.74. The summed E-state index contributed by atoms with van der Waals surface area (Å²) < 4.78 is 15.9. The molecule has 0 unspecified atom stereocenters. The molecule has 0 heterocycles. The zero-order chi connectivity index (χ0) is 13.5. The maximum Gasteiger partial charge on any atom is 0.144 e. The third-order valence-corrected chi connectivity index (χ3v) is 3.47. The standard InChI is InChI=1S/C12H23N3OS/c1-6-7-11(10(14-5)8-9-13)15-17(16)12(2,3)4/h8-9,13-14H,6-7H2,1-5H3/b10-8-,13-9?,15-11+/t17-/m1/s1. The molecule has 0 aliphatic rings. The molecule has 4 nitrogen and oxygen atoms in total. The quantitative estimate of drug-likeness (QED) is 0.566. The molecule has 0 aromatic carbocycles. The van der Waals surface area contributed by atoms with Crippen molar-refractivity contribution in [1.82, 2.24) is 5.32 Å². The molecule has 17 heavy (non-hydrogen) atoms. The predicted molar refractivity (Wildman–Crippen MR) is 76.2 cm³/mol. The first-order valence-electron chi connectivity index (χ1n) is 5.75. The number of nitrogens with one attached hydrogen (secondary N) is 2. The van der Waals surface area contributed by atoms with Gasteiger partial charge in [0.05, 0.1) is 5.70 Å². The van der Waals surface area contributed by atoms with Gasteiger partial charge in [0.2, 0.25) is 0 Å². The molecule has 0 saturated heterocycles. The van der Waals surface area contributed by atoms with Crippen LogP contribution in [0.4, 0.5) is 0 Å². The van der Waals surface area contributed by atoms with Crippen LogP contribution in [0.1, 0.15) is 40.5 Å². The Morgan fingerprint density at radius 3 is 2.41 bits per heavy atom. The molecule has 0 saturated carbocycles. The minimum atomic E-state index is -1.26. The van der Waals surface area contributed by atoms with E-state index in [1.54, 1.807) is 13.1 Å². The summed E-state index contributed by atoms with van der Waals surface area (Å²) in [7, 11) is 1.78. The number of rotatable bonds is 6. The van der Waals surface area contributed by atoms with Crippen molar-refractivity contribution in [2.75, 3.05) is 7.05 Å². The Balaban J connectivity index is 5.14. The first-order valence-corrected chi connectivity index (χ1v) is 6.86. The lowest BCUT2D eigenvalue weighted by Gasteiger charge is -2.20. The molecule has 0 amide bonds. The fourth-order valence-corrected chi connectivity index (χ4v) is 1.77. The van der Waals surface area contributed by atoms with Crippen LogP contribution in [-0.2, 0) is 11.4 Å². The normalized spacial score (nSPS) is 15.6. The lowest BCUT2D eigenvalue weighted by Crippen LogP contribution is -2.28. The van der Waals surface area contributed by atoms with Gasteiger partial charge in [-0.2, -0.15) is 0 Å². The summed E-state index contributed by atoms with van der Waals surface area (Å²) in [5.74, 6) is 0. The van der Waals surface area contributed by atoms with Gasteiger partial charge in [-0.3, -0.25) is 0 Å². The second-order valence-corrected chi connectivity index (χ2v) is 6.55. The molecule has 1 atom stereocenters. The number of hydrogen-bond donors (Lipinski definition) is 2. The van der Waals surface area contributed by atoms with Crippen molar-refractivity contribution in [2.45, 2.75) is 45.3 Å². The van der Waals surface area contributed by atoms with E-state index in [0.717, 1.165) is 24.3 Å². The molecule has 0 spiro atoms. The Morgan fingerprint density at radius 2 is 2.06 bits per heavy atom. The molecule has 0 aliphatic heterocycles. The van der Waals surface area contributed by atoms with Crippen molar-refractivity contribution >= 4 is 23.3 Å². The van der Waals surface area contributed by atoms with Gasteiger partial charge in [0, 0.05) is 13.3 Å². The molecular weight excluding hydrogens is 234 g/mol. The van der Waals surface area contributed by atoms with Crippen molar-refractivity contribution in [3.8, 4) is 0 Å². The first kappa shape index (κ1) is 16.2. The van der Waals surface area contributed by atoms with Gasteiger partial charge >= 0.3 is 0 Å². The van der Waals surface area contributed by atoms with Crippen LogP contribution in [0.5, 0.6) is 0 Å². The lowest BCUT2D eigenvalue weighted by atomic mass is 10.1. The van der Waals surface area contributed by atoms with Crippen molar-refractivity contribution in [2.24, 2.45) is 4.40 Å². The molecule has 2 N–H and O–H groups in total. The third kappa shape index (κ3) is 5.89. The van der Waals surface area contributed by atoms with E-state index in [1.807, 2.05) is 27.7 Å². The molecule has 0 fully saturated rings. The minimum absolute atomic E-state index is 0.359. The van der Waals surface area contributed by atoms with Gasteiger partial charge in [-0.15, -0.1) is 0 Å². The Bertz CT molecular complexity index is 305. The molecule has 0 aromatic rings. The van der Waals surface area contributed by atoms with Gasteiger partial charge in [0.25, 0.3) is 0 Å². The van der Waals surface area contributed by atoms with Crippen LogP contribution in [0.2, 0.25) is 0 Å². The number of allylic oxidation sites excluding steroid dienone is 2. The van der Waals surface area contributed by atoms with E-state index in [0.29, 0.717) is 0 Å². The maximum absolute atomic E-state index is 12.0. The summed E-state index contributed by atoms with van der Waals surface area (Å²) in [6, 6.07) is 0. The van der Waals surface area contributed by atoms with E-state index < -0.39 is 11.4 Å². The van der Waals surface area contributed by atoms with Crippen LogP contribution in [-0.4, -0.2) is 28.3 Å². The Labute approximate surface area is 107 Å². The second kappa shape index (κ2) is 7.50. The first-order chi connectivity index (χ1) is 7.86. The molecular formula is C12H23N3OS. The Kier molecular flexibility index (Phi) is 7.15. The molecule has 0 rings (SSSR count). The monoisotopic (exact) mass is 257 g/mol. The van der Waals surface area contributed by atoms with Crippen LogP contribution >= 0.6 is 0 Å². The summed E-state index contributed by atoms with van der Waals surface area (Å²) in [5, 5.41) is 10.1. The van der Waals surface area contributed by atoms with Crippen molar-refractivity contribution in [1.29, 1.82) is 5.41 Å². The van der Waals surface area contributed by atoms with E-state index in [2.05, 4.69) is 9.71 Å². The van der Waals surface area contributed by atoms with Crippen LogP contribution in [0.15, 0.2) is 16.2 Å². The van der Waals surface area contributed by atoms with Crippen molar-refractivity contribution in [3.05, 3.63) is 11.8 Å². The topological polar surface area (TPSA) is 71.3 Å². The van der Waals surface area contributed by atoms with Gasteiger partial charge in [-0.1, -0.05) is 17.7 Å².